The van der Waals surface area contributed by atoms with Crippen molar-refractivity contribution < 1.29 is 13.9 Å². The van der Waals surface area contributed by atoms with E-state index in [4.69, 9.17) is 13.9 Å². The minimum Gasteiger partial charge on any atom is -0.458 e. The molecule has 0 atom stereocenters. The van der Waals surface area contributed by atoms with Crippen LogP contribution in [0.4, 0.5) is 0 Å². The number of fused-ring (bicyclic) bond motifs is 2. The van der Waals surface area contributed by atoms with Crippen LogP contribution in [0.2, 0.25) is 0 Å². The van der Waals surface area contributed by atoms with Gasteiger partial charge in [0.05, 0.1) is 0 Å². The fourth-order valence-electron chi connectivity index (χ4n) is 2.50. The average molecular weight is 272 g/mol. The molecule has 0 N–H and O–H groups in total. The quantitative estimate of drug-likeness (QED) is 0.566. The van der Waals surface area contributed by atoms with Gasteiger partial charge in [-0.15, -0.1) is 0 Å². The molecule has 1 aliphatic heterocycles. The van der Waals surface area contributed by atoms with Crippen LogP contribution in [0.15, 0.2) is 28.7 Å². The van der Waals surface area contributed by atoms with Gasteiger partial charge in [-0.2, -0.15) is 0 Å². The lowest BCUT2D eigenvalue weighted by atomic mass is 10.1. The smallest absolute Gasteiger partial charge is 0.211 e. The van der Waals surface area contributed by atoms with Crippen LogP contribution in [0.3, 0.4) is 0 Å². The van der Waals surface area contributed by atoms with Crippen LogP contribution in [0.25, 0.3) is 0 Å². The number of ether oxygens (including phenoxy) is 2. The van der Waals surface area contributed by atoms with E-state index >= 15 is 0 Å². The van der Waals surface area contributed by atoms with Gasteiger partial charge in [-0.3, -0.25) is 0 Å². The first-order valence-corrected chi connectivity index (χ1v) is 7.36. The summed E-state index contributed by atoms with van der Waals surface area (Å²) in [5.41, 5.74) is 0. The van der Waals surface area contributed by atoms with Crippen molar-refractivity contribution in [3.05, 3.63) is 35.8 Å². The standard InChI is InChI=1S/C17H20O3/c1-3-4-5-6-11-15-17-16(12(2)18-15)19-13-9-7-8-10-14(13)20-17/h7-10H,3-6,11H2,1-2H3. The van der Waals surface area contributed by atoms with Crippen molar-refractivity contribution in [2.75, 3.05) is 0 Å². The van der Waals surface area contributed by atoms with Crippen LogP contribution in [-0.4, -0.2) is 0 Å². The van der Waals surface area contributed by atoms with Crippen LogP contribution >= 0.6 is 0 Å². The summed E-state index contributed by atoms with van der Waals surface area (Å²) in [5, 5.41) is 0. The molecule has 3 rings (SSSR count). The van der Waals surface area contributed by atoms with Crippen molar-refractivity contribution in [2.24, 2.45) is 0 Å². The molecule has 2 aromatic rings. The minimum absolute atomic E-state index is 0.731. The number of hydrogen-bond acceptors (Lipinski definition) is 3. The highest BCUT2D eigenvalue weighted by Gasteiger charge is 2.27. The van der Waals surface area contributed by atoms with E-state index in [1.165, 1.54) is 19.3 Å². The van der Waals surface area contributed by atoms with Crippen LogP contribution in [-0.2, 0) is 6.42 Å². The Bertz CT molecular complexity index is 598. The number of furan rings is 1. The summed E-state index contributed by atoms with van der Waals surface area (Å²) in [4.78, 5) is 0. The third-order valence-electron chi connectivity index (χ3n) is 3.59. The first kappa shape index (κ1) is 13.1. The fraction of sp³-hybridized carbons (Fsp3) is 0.412. The van der Waals surface area contributed by atoms with Crippen molar-refractivity contribution >= 4 is 0 Å². The molecule has 0 amide bonds. The zero-order valence-electron chi connectivity index (χ0n) is 12.1. The molecule has 106 valence electrons. The first-order valence-electron chi connectivity index (χ1n) is 7.36. The molecule has 2 heterocycles. The molecular formula is C17H20O3. The van der Waals surface area contributed by atoms with Crippen molar-refractivity contribution in [1.29, 1.82) is 0 Å². The summed E-state index contributed by atoms with van der Waals surface area (Å²) in [6.07, 6.45) is 5.76. The summed E-state index contributed by atoms with van der Waals surface area (Å²) in [5.74, 6) is 4.70. The van der Waals surface area contributed by atoms with Gasteiger partial charge in [-0.05, 0) is 25.5 Å². The highest BCUT2D eigenvalue weighted by atomic mass is 16.6. The second kappa shape index (κ2) is 5.61. The molecule has 3 nitrogen and oxygen atoms in total. The molecule has 20 heavy (non-hydrogen) atoms. The molecule has 1 aromatic heterocycles. The molecule has 0 saturated heterocycles. The molecule has 1 aliphatic rings. The number of para-hydroxylation sites is 2. The third kappa shape index (κ3) is 2.40. The van der Waals surface area contributed by atoms with Crippen LogP contribution in [0.1, 0.15) is 44.1 Å². The molecule has 0 unspecified atom stereocenters. The lowest BCUT2D eigenvalue weighted by Crippen LogP contribution is -1.98. The van der Waals surface area contributed by atoms with Gasteiger partial charge < -0.3 is 13.9 Å². The van der Waals surface area contributed by atoms with Gasteiger partial charge in [0.2, 0.25) is 11.5 Å². The lowest BCUT2D eigenvalue weighted by Gasteiger charge is -2.17. The molecule has 0 fully saturated rings. The summed E-state index contributed by atoms with van der Waals surface area (Å²) < 4.78 is 17.7. The minimum atomic E-state index is 0.731. The Balaban J connectivity index is 1.80. The Morgan fingerprint density at radius 3 is 2.30 bits per heavy atom. The first-order chi connectivity index (χ1) is 9.79. The maximum atomic E-state index is 5.97. The zero-order valence-corrected chi connectivity index (χ0v) is 12.1. The van der Waals surface area contributed by atoms with E-state index in [0.29, 0.717) is 0 Å². The Kier molecular flexibility index (Phi) is 3.68. The van der Waals surface area contributed by atoms with Crippen LogP contribution in [0.5, 0.6) is 23.0 Å². The molecule has 1 aromatic carbocycles. The van der Waals surface area contributed by atoms with E-state index in [1.807, 2.05) is 31.2 Å². The Labute approximate surface area is 119 Å². The topological polar surface area (TPSA) is 31.6 Å². The maximum absolute atomic E-state index is 5.97. The van der Waals surface area contributed by atoms with Crippen molar-refractivity contribution in [1.82, 2.24) is 0 Å². The molecule has 0 radical (unpaired) electrons. The third-order valence-corrected chi connectivity index (χ3v) is 3.59. The highest BCUT2D eigenvalue weighted by Crippen LogP contribution is 2.50. The monoisotopic (exact) mass is 272 g/mol. The largest absolute Gasteiger partial charge is 0.458 e. The molecule has 0 saturated carbocycles. The molecule has 3 heteroatoms. The number of rotatable bonds is 5. The molecule has 0 aliphatic carbocycles. The highest BCUT2D eigenvalue weighted by molar-refractivity contribution is 5.57. The maximum Gasteiger partial charge on any atom is 0.211 e. The summed E-state index contributed by atoms with van der Waals surface area (Å²) in [6.45, 7) is 4.14. The van der Waals surface area contributed by atoms with Gasteiger partial charge >= 0.3 is 0 Å². The second-order valence-corrected chi connectivity index (χ2v) is 5.20. The lowest BCUT2D eigenvalue weighted by molar-refractivity contribution is 0.358. The fourth-order valence-corrected chi connectivity index (χ4v) is 2.50. The van der Waals surface area contributed by atoms with Gasteiger partial charge in [-0.25, -0.2) is 0 Å². The van der Waals surface area contributed by atoms with E-state index in [-0.39, 0.29) is 0 Å². The van der Waals surface area contributed by atoms with E-state index < -0.39 is 0 Å². The Morgan fingerprint density at radius 1 is 0.900 bits per heavy atom. The molecule has 0 bridgehead atoms. The number of aryl methyl sites for hydroxylation is 2. The Hall–Kier alpha value is -1.90. The SMILES string of the molecule is CCCCCCc1oc(C)c2c1Oc1ccccc1O2. The van der Waals surface area contributed by atoms with Crippen molar-refractivity contribution in [3.63, 3.8) is 0 Å². The normalized spacial score (nSPS) is 12.3. The van der Waals surface area contributed by atoms with Crippen LogP contribution in [0, 0.1) is 6.92 Å². The van der Waals surface area contributed by atoms with E-state index in [0.717, 1.165) is 47.4 Å². The van der Waals surface area contributed by atoms with E-state index in [2.05, 4.69) is 6.92 Å². The van der Waals surface area contributed by atoms with Gasteiger partial charge in [0.15, 0.2) is 17.3 Å². The van der Waals surface area contributed by atoms with Gasteiger partial charge in [0.1, 0.15) is 5.76 Å². The summed E-state index contributed by atoms with van der Waals surface area (Å²) in [6, 6.07) is 7.71. The van der Waals surface area contributed by atoms with Gasteiger partial charge in [0.25, 0.3) is 0 Å². The number of hydrogen-bond donors (Lipinski definition) is 0. The zero-order chi connectivity index (χ0) is 13.9. The predicted octanol–water partition coefficient (Wildman–Crippen LogP) is 5.61. The average Bonchev–Trinajstić information content (AvgIpc) is 2.78. The van der Waals surface area contributed by atoms with Crippen LogP contribution < -0.4 is 9.47 Å². The van der Waals surface area contributed by atoms with E-state index in [9.17, 15) is 0 Å². The summed E-state index contributed by atoms with van der Waals surface area (Å²) in [7, 11) is 0. The predicted molar refractivity (Wildman–Crippen MR) is 77.9 cm³/mol. The van der Waals surface area contributed by atoms with Crippen molar-refractivity contribution in [3.8, 4) is 23.0 Å². The Morgan fingerprint density at radius 2 is 1.60 bits per heavy atom. The van der Waals surface area contributed by atoms with Gasteiger partial charge in [-0.1, -0.05) is 38.3 Å². The number of unbranched alkanes of at least 4 members (excludes halogenated alkanes) is 3. The van der Waals surface area contributed by atoms with E-state index in [1.54, 1.807) is 0 Å². The number of benzene rings is 1. The second-order valence-electron chi connectivity index (χ2n) is 5.20. The van der Waals surface area contributed by atoms with Gasteiger partial charge in [0, 0.05) is 6.42 Å². The van der Waals surface area contributed by atoms with Crippen molar-refractivity contribution in [2.45, 2.75) is 46.0 Å². The molecule has 0 spiro atoms. The molecular weight excluding hydrogens is 252 g/mol. The summed E-state index contributed by atoms with van der Waals surface area (Å²) >= 11 is 0.